The van der Waals surface area contributed by atoms with Crippen molar-refractivity contribution >= 4 is 6.08 Å². The molecule has 0 fully saturated rings. The van der Waals surface area contributed by atoms with Crippen molar-refractivity contribution in [3.05, 3.63) is 48.2 Å². The highest BCUT2D eigenvalue weighted by molar-refractivity contribution is 5.75. The first-order valence-corrected chi connectivity index (χ1v) is 8.85. The minimum atomic E-state index is -0.0510. The molecule has 0 amide bonds. The molecule has 0 spiro atoms. The van der Waals surface area contributed by atoms with Gasteiger partial charge in [0.2, 0.25) is 5.88 Å². The van der Waals surface area contributed by atoms with Crippen molar-refractivity contribution in [3.8, 4) is 22.8 Å². The zero-order chi connectivity index (χ0) is 18.4. The molecule has 2 aromatic rings. The van der Waals surface area contributed by atoms with Crippen LogP contribution in [0.4, 0.5) is 0 Å². The molecule has 134 valence electrons. The largest absolute Gasteiger partial charge is 0.496 e. The molecule has 1 aromatic heterocycles. The monoisotopic (exact) mass is 339 g/mol. The van der Waals surface area contributed by atoms with Crippen molar-refractivity contribution in [2.24, 2.45) is 0 Å². The average molecular weight is 339 g/mol. The van der Waals surface area contributed by atoms with E-state index in [0.717, 1.165) is 40.8 Å². The Kier molecular flexibility index (Phi) is 6.24. The number of aromatic nitrogens is 1. The lowest BCUT2D eigenvalue weighted by Gasteiger charge is -2.25. The molecule has 0 unspecified atom stereocenters. The van der Waals surface area contributed by atoms with Gasteiger partial charge in [0.15, 0.2) is 0 Å². The normalized spacial score (nSPS) is 11.2. The number of nitrogens with zero attached hydrogens (tertiary/aromatic N) is 1. The highest BCUT2D eigenvalue weighted by atomic mass is 16.5. The molecular weight excluding hydrogens is 310 g/mol. The number of unbranched alkanes of at least 4 members (excludes halogenated alkanes) is 1. The predicted octanol–water partition coefficient (Wildman–Crippen LogP) is 5.88. The average Bonchev–Trinajstić information content (AvgIpc) is 2.60. The Morgan fingerprint density at radius 2 is 2.00 bits per heavy atom. The van der Waals surface area contributed by atoms with Gasteiger partial charge in [-0.05, 0) is 41.7 Å². The second-order valence-electron chi connectivity index (χ2n) is 7.16. The lowest BCUT2D eigenvalue weighted by Crippen LogP contribution is -2.14. The SMILES string of the molecule is C=Cc1cc(-c2cccnc2OCCCC)cc(C(C)(C)C)c1OC. The summed E-state index contributed by atoms with van der Waals surface area (Å²) in [5.74, 6) is 1.56. The Bertz CT molecular complexity index is 729. The van der Waals surface area contributed by atoms with Crippen LogP contribution in [0.5, 0.6) is 11.6 Å². The van der Waals surface area contributed by atoms with Gasteiger partial charge >= 0.3 is 0 Å². The van der Waals surface area contributed by atoms with E-state index in [2.05, 4.69) is 57.5 Å². The van der Waals surface area contributed by atoms with E-state index in [4.69, 9.17) is 9.47 Å². The van der Waals surface area contributed by atoms with E-state index >= 15 is 0 Å². The number of hydrogen-bond donors (Lipinski definition) is 0. The molecule has 0 aliphatic rings. The second kappa shape index (κ2) is 8.19. The molecule has 0 aliphatic carbocycles. The van der Waals surface area contributed by atoms with Crippen LogP contribution in [0.25, 0.3) is 17.2 Å². The molecule has 2 rings (SSSR count). The summed E-state index contributed by atoms with van der Waals surface area (Å²) in [6.45, 7) is 13.3. The summed E-state index contributed by atoms with van der Waals surface area (Å²) in [6.07, 6.45) is 5.72. The molecule has 0 aliphatic heterocycles. The van der Waals surface area contributed by atoms with Crippen LogP contribution in [-0.2, 0) is 5.41 Å². The summed E-state index contributed by atoms with van der Waals surface area (Å²) in [6, 6.07) is 8.26. The zero-order valence-corrected chi connectivity index (χ0v) is 16.1. The third-order valence-electron chi connectivity index (χ3n) is 4.17. The van der Waals surface area contributed by atoms with Crippen LogP contribution < -0.4 is 9.47 Å². The van der Waals surface area contributed by atoms with Crippen LogP contribution in [0.3, 0.4) is 0 Å². The molecule has 0 radical (unpaired) electrons. The predicted molar refractivity (Wildman–Crippen MR) is 105 cm³/mol. The highest BCUT2D eigenvalue weighted by Crippen LogP contribution is 2.40. The van der Waals surface area contributed by atoms with Crippen LogP contribution in [0.1, 0.15) is 51.7 Å². The van der Waals surface area contributed by atoms with Gasteiger partial charge in [0.25, 0.3) is 0 Å². The van der Waals surface area contributed by atoms with Gasteiger partial charge in [0.1, 0.15) is 5.75 Å². The molecule has 1 heterocycles. The van der Waals surface area contributed by atoms with E-state index in [0.29, 0.717) is 12.5 Å². The zero-order valence-electron chi connectivity index (χ0n) is 16.1. The van der Waals surface area contributed by atoms with Crippen LogP contribution >= 0.6 is 0 Å². The molecule has 0 saturated carbocycles. The number of ether oxygens (including phenoxy) is 2. The lowest BCUT2D eigenvalue weighted by atomic mass is 9.83. The Labute approximate surface area is 151 Å². The van der Waals surface area contributed by atoms with Crippen LogP contribution in [0, 0.1) is 0 Å². The fraction of sp³-hybridized carbons (Fsp3) is 0.409. The quantitative estimate of drug-likeness (QED) is 0.591. The molecule has 1 aromatic carbocycles. The Morgan fingerprint density at radius 1 is 1.24 bits per heavy atom. The smallest absolute Gasteiger partial charge is 0.221 e. The molecule has 3 heteroatoms. The number of benzene rings is 1. The van der Waals surface area contributed by atoms with Crippen molar-refractivity contribution in [2.75, 3.05) is 13.7 Å². The lowest BCUT2D eigenvalue weighted by molar-refractivity contribution is 0.299. The fourth-order valence-corrected chi connectivity index (χ4v) is 2.78. The second-order valence-corrected chi connectivity index (χ2v) is 7.16. The van der Waals surface area contributed by atoms with Crippen molar-refractivity contribution in [1.29, 1.82) is 0 Å². The third kappa shape index (κ3) is 4.41. The standard InChI is InChI=1S/C22H29NO2/c1-7-9-13-25-21-18(11-10-12-23-21)17-14-16(8-2)20(24-6)19(15-17)22(3,4)5/h8,10-12,14-15H,2,7,9,13H2,1,3-6H3. The van der Waals surface area contributed by atoms with Gasteiger partial charge in [-0.2, -0.15) is 0 Å². The van der Waals surface area contributed by atoms with Gasteiger partial charge < -0.3 is 9.47 Å². The maximum atomic E-state index is 5.92. The van der Waals surface area contributed by atoms with E-state index < -0.39 is 0 Å². The summed E-state index contributed by atoms with van der Waals surface area (Å²) >= 11 is 0. The van der Waals surface area contributed by atoms with Crippen LogP contribution in [-0.4, -0.2) is 18.7 Å². The molecule has 25 heavy (non-hydrogen) atoms. The van der Waals surface area contributed by atoms with Gasteiger partial charge in [0, 0.05) is 22.9 Å². The van der Waals surface area contributed by atoms with Crippen molar-refractivity contribution in [2.45, 2.75) is 46.0 Å². The number of pyridine rings is 1. The van der Waals surface area contributed by atoms with Crippen LogP contribution in [0.2, 0.25) is 0 Å². The summed E-state index contributed by atoms with van der Waals surface area (Å²) in [4.78, 5) is 4.44. The molecule has 0 bridgehead atoms. The minimum Gasteiger partial charge on any atom is -0.496 e. The van der Waals surface area contributed by atoms with Gasteiger partial charge in [0.05, 0.1) is 13.7 Å². The number of hydrogen-bond acceptors (Lipinski definition) is 3. The Morgan fingerprint density at radius 3 is 2.60 bits per heavy atom. The molecule has 0 saturated heterocycles. The maximum absolute atomic E-state index is 5.92. The van der Waals surface area contributed by atoms with E-state index in [1.165, 1.54) is 0 Å². The summed E-state index contributed by atoms with van der Waals surface area (Å²) in [7, 11) is 1.71. The molecule has 0 N–H and O–H groups in total. The Balaban J connectivity index is 2.58. The van der Waals surface area contributed by atoms with Gasteiger partial charge in [-0.1, -0.05) is 46.8 Å². The maximum Gasteiger partial charge on any atom is 0.221 e. The molecule has 0 atom stereocenters. The number of methoxy groups -OCH3 is 1. The summed E-state index contributed by atoms with van der Waals surface area (Å²) in [5.41, 5.74) is 4.14. The van der Waals surface area contributed by atoms with Gasteiger partial charge in [-0.3, -0.25) is 0 Å². The van der Waals surface area contributed by atoms with Crippen molar-refractivity contribution < 1.29 is 9.47 Å². The molecule has 3 nitrogen and oxygen atoms in total. The third-order valence-corrected chi connectivity index (χ3v) is 4.17. The first-order chi connectivity index (χ1) is 11.9. The Hall–Kier alpha value is -2.29. The number of rotatable bonds is 7. The van der Waals surface area contributed by atoms with Gasteiger partial charge in [-0.15, -0.1) is 0 Å². The van der Waals surface area contributed by atoms with Crippen molar-refractivity contribution in [1.82, 2.24) is 4.98 Å². The first-order valence-electron chi connectivity index (χ1n) is 8.85. The highest BCUT2D eigenvalue weighted by Gasteiger charge is 2.23. The van der Waals surface area contributed by atoms with Crippen LogP contribution in [0.15, 0.2) is 37.0 Å². The summed E-state index contributed by atoms with van der Waals surface area (Å²) < 4.78 is 11.6. The first kappa shape index (κ1) is 19.0. The van der Waals surface area contributed by atoms with Gasteiger partial charge in [-0.25, -0.2) is 4.98 Å². The van der Waals surface area contributed by atoms with E-state index in [-0.39, 0.29) is 5.41 Å². The van der Waals surface area contributed by atoms with Crippen molar-refractivity contribution in [3.63, 3.8) is 0 Å². The fourth-order valence-electron chi connectivity index (χ4n) is 2.78. The van der Waals surface area contributed by atoms with E-state index in [1.807, 2.05) is 12.1 Å². The minimum absolute atomic E-state index is 0.0510. The topological polar surface area (TPSA) is 31.4 Å². The van der Waals surface area contributed by atoms with E-state index in [9.17, 15) is 0 Å². The van der Waals surface area contributed by atoms with E-state index in [1.54, 1.807) is 13.3 Å². The summed E-state index contributed by atoms with van der Waals surface area (Å²) in [5, 5.41) is 0. The molecular formula is C22H29NO2.